The minimum absolute atomic E-state index is 0.242. The number of fused-ring (bicyclic) bond motifs is 1. The lowest BCUT2D eigenvalue weighted by molar-refractivity contribution is 0.235. The highest BCUT2D eigenvalue weighted by atomic mass is 31.2. The Labute approximate surface area is 126 Å². The Bertz CT molecular complexity index is 668. The fraction of sp³-hybridized carbons (Fsp3) is 0.294. The van der Waals surface area contributed by atoms with E-state index >= 15 is 0 Å². The molecule has 0 bridgehead atoms. The minimum atomic E-state index is -2.96. The predicted octanol–water partition coefficient (Wildman–Crippen LogP) is 3.97. The second-order valence-electron chi connectivity index (χ2n) is 5.11. The molecule has 21 heavy (non-hydrogen) atoms. The zero-order valence-electron chi connectivity index (χ0n) is 12.4. The normalized spacial score (nSPS) is 24.2. The van der Waals surface area contributed by atoms with Gasteiger partial charge in [-0.3, -0.25) is 4.57 Å². The monoisotopic (exact) mass is 301 g/mol. The third kappa shape index (κ3) is 2.36. The summed E-state index contributed by atoms with van der Waals surface area (Å²) in [6.07, 6.45) is -0.242. The summed E-state index contributed by atoms with van der Waals surface area (Å²) in [5.74, 6) is 0. The van der Waals surface area contributed by atoms with E-state index in [0.717, 1.165) is 16.4 Å². The number of hydrogen-bond donors (Lipinski definition) is 0. The van der Waals surface area contributed by atoms with Gasteiger partial charge in [0.15, 0.2) is 0 Å². The van der Waals surface area contributed by atoms with Crippen LogP contribution < -0.4 is 5.30 Å². The van der Waals surface area contributed by atoms with Crippen molar-refractivity contribution in [2.45, 2.75) is 20.0 Å². The fourth-order valence-electron chi connectivity index (χ4n) is 2.91. The van der Waals surface area contributed by atoms with Gasteiger partial charge in [0, 0.05) is 18.7 Å². The first kappa shape index (κ1) is 14.5. The molecule has 0 aliphatic carbocycles. The van der Waals surface area contributed by atoms with E-state index in [0.29, 0.717) is 13.1 Å². The van der Waals surface area contributed by atoms with Gasteiger partial charge in [0.05, 0.1) is 5.30 Å². The van der Waals surface area contributed by atoms with Gasteiger partial charge >= 0.3 is 7.52 Å². The summed E-state index contributed by atoms with van der Waals surface area (Å²) in [5, 5.41) is 0.850. The maximum atomic E-state index is 13.5. The van der Waals surface area contributed by atoms with Gasteiger partial charge in [0.1, 0.15) is 6.10 Å². The number of benzene rings is 2. The third-order valence-electron chi connectivity index (χ3n) is 3.98. The summed E-state index contributed by atoms with van der Waals surface area (Å²) in [6, 6.07) is 17.9. The molecule has 0 radical (unpaired) electrons. The molecule has 1 aliphatic rings. The van der Waals surface area contributed by atoms with E-state index < -0.39 is 7.52 Å². The summed E-state index contributed by atoms with van der Waals surface area (Å²) >= 11 is 0. The molecule has 0 spiro atoms. The van der Waals surface area contributed by atoms with E-state index in [1.54, 1.807) is 0 Å². The van der Waals surface area contributed by atoms with Crippen molar-refractivity contribution < 1.29 is 9.09 Å². The molecule has 2 aromatic rings. The smallest absolute Gasteiger partial charge is 0.301 e. The van der Waals surface area contributed by atoms with E-state index in [2.05, 4.69) is 0 Å². The maximum absolute atomic E-state index is 13.5. The van der Waals surface area contributed by atoms with Crippen LogP contribution in [0.4, 0.5) is 0 Å². The molecule has 0 fully saturated rings. The van der Waals surface area contributed by atoms with E-state index in [1.165, 1.54) is 0 Å². The zero-order valence-corrected chi connectivity index (χ0v) is 13.3. The second kappa shape index (κ2) is 5.76. The first-order valence-electron chi connectivity index (χ1n) is 7.39. The highest BCUT2D eigenvalue weighted by Crippen LogP contribution is 2.60. The van der Waals surface area contributed by atoms with Crippen molar-refractivity contribution in [3.63, 3.8) is 0 Å². The topological polar surface area (TPSA) is 29.5 Å². The Balaban J connectivity index is 2.11. The van der Waals surface area contributed by atoms with E-state index in [-0.39, 0.29) is 6.10 Å². The molecule has 1 heterocycles. The summed E-state index contributed by atoms with van der Waals surface area (Å²) in [5.41, 5.74) is 2.08. The van der Waals surface area contributed by atoms with Gasteiger partial charge in [0.25, 0.3) is 0 Å². The Morgan fingerprint density at radius 1 is 1.00 bits per heavy atom. The van der Waals surface area contributed by atoms with Gasteiger partial charge < -0.3 is 4.52 Å². The number of hydrogen-bond acceptors (Lipinski definition) is 2. The van der Waals surface area contributed by atoms with Crippen LogP contribution in [-0.2, 0) is 9.09 Å². The maximum Gasteiger partial charge on any atom is 0.303 e. The minimum Gasteiger partial charge on any atom is -0.301 e. The van der Waals surface area contributed by atoms with Crippen LogP contribution in [0.3, 0.4) is 0 Å². The standard InChI is InChI=1S/C17H20NO2P/c1-3-18(4-2)21(19)16-13-9-8-12-15(16)17(20-21)14-10-6-5-7-11-14/h5-13,17H,3-4H2,1-2H3. The van der Waals surface area contributed by atoms with Crippen molar-refractivity contribution >= 4 is 12.8 Å². The van der Waals surface area contributed by atoms with E-state index in [9.17, 15) is 4.57 Å². The molecule has 2 unspecified atom stereocenters. The average molecular weight is 301 g/mol. The van der Waals surface area contributed by atoms with Gasteiger partial charge in [-0.05, 0) is 11.6 Å². The average Bonchev–Trinajstić information content (AvgIpc) is 2.84. The van der Waals surface area contributed by atoms with Crippen molar-refractivity contribution in [3.8, 4) is 0 Å². The first-order chi connectivity index (χ1) is 10.2. The SMILES string of the molecule is CCN(CC)P1(=O)OC(c2ccccc2)c2ccccc21. The van der Waals surface area contributed by atoms with Crippen molar-refractivity contribution in [1.82, 2.24) is 4.67 Å². The summed E-state index contributed by atoms with van der Waals surface area (Å²) in [6.45, 7) is 5.46. The largest absolute Gasteiger partial charge is 0.303 e. The van der Waals surface area contributed by atoms with Gasteiger partial charge in [0.2, 0.25) is 0 Å². The van der Waals surface area contributed by atoms with Crippen molar-refractivity contribution in [2.24, 2.45) is 0 Å². The van der Waals surface area contributed by atoms with Crippen molar-refractivity contribution in [1.29, 1.82) is 0 Å². The molecule has 3 nitrogen and oxygen atoms in total. The van der Waals surface area contributed by atoms with Gasteiger partial charge in [-0.25, -0.2) is 4.67 Å². The third-order valence-corrected chi connectivity index (χ3v) is 6.80. The van der Waals surface area contributed by atoms with Crippen LogP contribution in [0.15, 0.2) is 54.6 Å². The number of nitrogens with zero attached hydrogens (tertiary/aromatic N) is 1. The van der Waals surface area contributed by atoms with Crippen LogP contribution in [0.1, 0.15) is 31.1 Å². The molecule has 1 aliphatic heterocycles. The van der Waals surface area contributed by atoms with Gasteiger partial charge in [-0.1, -0.05) is 62.4 Å². The second-order valence-corrected chi connectivity index (χ2v) is 7.41. The molecular weight excluding hydrogens is 281 g/mol. The molecule has 2 aromatic carbocycles. The van der Waals surface area contributed by atoms with E-state index in [1.807, 2.05) is 73.1 Å². The Hall–Kier alpha value is -1.41. The van der Waals surface area contributed by atoms with Gasteiger partial charge in [-0.2, -0.15) is 0 Å². The number of rotatable bonds is 4. The molecular formula is C17H20NO2P. The van der Waals surface area contributed by atoms with Crippen LogP contribution in [0.2, 0.25) is 0 Å². The van der Waals surface area contributed by atoms with Crippen LogP contribution in [0, 0.1) is 0 Å². The van der Waals surface area contributed by atoms with Crippen LogP contribution in [0.5, 0.6) is 0 Å². The fourth-order valence-corrected chi connectivity index (χ4v) is 5.52. The van der Waals surface area contributed by atoms with Crippen molar-refractivity contribution in [2.75, 3.05) is 13.1 Å². The molecule has 0 saturated carbocycles. The molecule has 4 heteroatoms. The molecule has 0 saturated heterocycles. The Morgan fingerprint density at radius 2 is 1.62 bits per heavy atom. The Kier molecular flexibility index (Phi) is 3.99. The van der Waals surface area contributed by atoms with Crippen molar-refractivity contribution in [3.05, 3.63) is 65.7 Å². The quantitative estimate of drug-likeness (QED) is 0.800. The first-order valence-corrected chi connectivity index (χ1v) is 8.96. The summed E-state index contributed by atoms with van der Waals surface area (Å²) < 4.78 is 21.6. The van der Waals surface area contributed by atoms with Crippen LogP contribution in [-0.4, -0.2) is 17.8 Å². The van der Waals surface area contributed by atoms with Crippen LogP contribution in [0.25, 0.3) is 0 Å². The molecule has 3 rings (SSSR count). The molecule has 0 N–H and O–H groups in total. The molecule has 110 valence electrons. The highest BCUT2D eigenvalue weighted by Gasteiger charge is 2.44. The van der Waals surface area contributed by atoms with Gasteiger partial charge in [-0.15, -0.1) is 0 Å². The summed E-state index contributed by atoms with van der Waals surface area (Å²) in [7, 11) is -2.96. The zero-order chi connectivity index (χ0) is 14.9. The molecule has 0 amide bonds. The Morgan fingerprint density at radius 3 is 2.29 bits per heavy atom. The lowest BCUT2D eigenvalue weighted by Gasteiger charge is -2.26. The molecule has 2 atom stereocenters. The summed E-state index contributed by atoms with van der Waals surface area (Å²) in [4.78, 5) is 0. The van der Waals surface area contributed by atoms with E-state index in [4.69, 9.17) is 4.52 Å². The predicted molar refractivity (Wildman–Crippen MR) is 86.0 cm³/mol. The molecule has 0 aromatic heterocycles. The lowest BCUT2D eigenvalue weighted by atomic mass is 10.0. The lowest BCUT2D eigenvalue weighted by Crippen LogP contribution is -2.24. The highest BCUT2D eigenvalue weighted by molar-refractivity contribution is 7.65. The van der Waals surface area contributed by atoms with Crippen LogP contribution >= 0.6 is 7.52 Å².